The molecule has 0 unspecified atom stereocenters. The van der Waals surface area contributed by atoms with E-state index in [2.05, 4.69) is 11.8 Å². The lowest BCUT2D eigenvalue weighted by molar-refractivity contribution is 0.0509. The molecule has 4 heteroatoms. The minimum atomic E-state index is -0.194. The van der Waals surface area contributed by atoms with Crippen molar-refractivity contribution < 1.29 is 19.3 Å². The maximum atomic E-state index is 8.65. The Morgan fingerprint density at radius 2 is 2.12 bits per heavy atom. The average Bonchev–Trinajstić information content (AvgIpc) is 2.34. The highest BCUT2D eigenvalue weighted by Crippen LogP contribution is 2.23. The fourth-order valence-corrected chi connectivity index (χ4v) is 1.12. The smallest absolute Gasteiger partial charge is 0.188 e. The van der Waals surface area contributed by atoms with Gasteiger partial charge in [-0.25, -0.2) is 0 Å². The summed E-state index contributed by atoms with van der Waals surface area (Å²) in [7, 11) is 3.12. The minimum Gasteiger partial charge on any atom is -0.497 e. The molecule has 1 aromatic carbocycles. The molecule has 1 rings (SSSR count). The molecule has 0 fully saturated rings. The van der Waals surface area contributed by atoms with Gasteiger partial charge in [0, 0.05) is 7.11 Å². The largest absolute Gasteiger partial charge is 0.497 e. The van der Waals surface area contributed by atoms with Gasteiger partial charge in [-0.2, -0.15) is 0 Å². The number of ether oxygens (including phenoxy) is 3. The predicted octanol–water partition coefficient (Wildman–Crippen LogP) is 1.02. The van der Waals surface area contributed by atoms with Gasteiger partial charge in [0.1, 0.15) is 18.1 Å². The maximum absolute atomic E-state index is 8.65. The molecule has 0 atom stereocenters. The molecular weight excluding hydrogens is 208 g/mol. The first-order valence-corrected chi connectivity index (χ1v) is 4.71. The van der Waals surface area contributed by atoms with Gasteiger partial charge in [0.15, 0.2) is 6.79 Å². The summed E-state index contributed by atoms with van der Waals surface area (Å²) < 4.78 is 15.2. The molecule has 0 amide bonds. The molecule has 1 aromatic rings. The molecule has 0 aliphatic rings. The molecule has 0 aromatic heterocycles. The summed E-state index contributed by atoms with van der Waals surface area (Å²) in [4.78, 5) is 0. The Morgan fingerprint density at radius 1 is 1.31 bits per heavy atom. The fourth-order valence-electron chi connectivity index (χ4n) is 1.12. The van der Waals surface area contributed by atoms with Gasteiger partial charge in [-0.05, 0) is 18.2 Å². The summed E-state index contributed by atoms with van der Waals surface area (Å²) in [6, 6.07) is 5.27. The van der Waals surface area contributed by atoms with E-state index in [1.54, 1.807) is 32.4 Å². The van der Waals surface area contributed by atoms with Crippen molar-refractivity contribution in [1.82, 2.24) is 0 Å². The van der Waals surface area contributed by atoms with E-state index < -0.39 is 0 Å². The zero-order valence-electron chi connectivity index (χ0n) is 9.32. The summed E-state index contributed by atoms with van der Waals surface area (Å²) in [5.41, 5.74) is 0.658. The molecular formula is C12H14O4. The highest BCUT2D eigenvalue weighted by atomic mass is 16.7. The van der Waals surface area contributed by atoms with Crippen molar-refractivity contribution in [1.29, 1.82) is 0 Å². The van der Waals surface area contributed by atoms with E-state index in [0.29, 0.717) is 17.1 Å². The lowest BCUT2D eigenvalue weighted by Gasteiger charge is -2.08. The molecule has 0 spiro atoms. The number of hydrogen-bond donors (Lipinski definition) is 1. The minimum absolute atomic E-state index is 0.153. The lowest BCUT2D eigenvalue weighted by Crippen LogP contribution is -2.00. The van der Waals surface area contributed by atoms with Crippen molar-refractivity contribution in [2.24, 2.45) is 0 Å². The number of methoxy groups -OCH3 is 2. The second-order valence-corrected chi connectivity index (χ2v) is 2.87. The number of hydrogen-bond acceptors (Lipinski definition) is 4. The number of benzene rings is 1. The molecule has 0 bridgehead atoms. The quantitative estimate of drug-likeness (QED) is 0.610. The SMILES string of the molecule is COCOc1ccc(OC)cc1C#CCO. The summed E-state index contributed by atoms with van der Waals surface area (Å²) in [5, 5.41) is 8.65. The van der Waals surface area contributed by atoms with Crippen molar-refractivity contribution in [3.05, 3.63) is 23.8 Å². The second kappa shape index (κ2) is 6.72. The monoisotopic (exact) mass is 222 g/mol. The first kappa shape index (κ1) is 12.4. The summed E-state index contributed by atoms with van der Waals surface area (Å²) >= 11 is 0. The third kappa shape index (κ3) is 3.46. The Hall–Kier alpha value is -1.70. The molecule has 0 aliphatic carbocycles. The Labute approximate surface area is 94.8 Å². The van der Waals surface area contributed by atoms with Gasteiger partial charge in [0.2, 0.25) is 0 Å². The summed E-state index contributed by atoms with van der Waals surface area (Å²) in [6.45, 7) is -0.0406. The summed E-state index contributed by atoms with van der Waals surface area (Å²) in [6.07, 6.45) is 0. The molecule has 86 valence electrons. The van der Waals surface area contributed by atoms with Crippen LogP contribution in [0.2, 0.25) is 0 Å². The van der Waals surface area contributed by atoms with Crippen LogP contribution in [-0.2, 0) is 4.74 Å². The lowest BCUT2D eigenvalue weighted by atomic mass is 10.2. The molecule has 16 heavy (non-hydrogen) atoms. The summed E-state index contributed by atoms with van der Waals surface area (Å²) in [5.74, 6) is 6.64. The third-order valence-electron chi connectivity index (χ3n) is 1.82. The van der Waals surface area contributed by atoms with Crippen LogP contribution in [0.5, 0.6) is 11.5 Å². The number of aliphatic hydroxyl groups is 1. The first-order chi connectivity index (χ1) is 7.81. The normalized spacial score (nSPS) is 9.19. The van der Waals surface area contributed by atoms with Crippen molar-refractivity contribution in [2.75, 3.05) is 27.6 Å². The molecule has 4 nitrogen and oxygen atoms in total. The van der Waals surface area contributed by atoms with Gasteiger partial charge in [0.05, 0.1) is 12.7 Å². The van der Waals surface area contributed by atoms with Gasteiger partial charge in [-0.15, -0.1) is 0 Å². The van der Waals surface area contributed by atoms with E-state index in [0.717, 1.165) is 0 Å². The van der Waals surface area contributed by atoms with Crippen LogP contribution in [0.25, 0.3) is 0 Å². The predicted molar refractivity (Wildman–Crippen MR) is 59.5 cm³/mol. The van der Waals surface area contributed by atoms with Crippen LogP contribution in [0.15, 0.2) is 18.2 Å². The first-order valence-electron chi connectivity index (χ1n) is 4.71. The Balaban J connectivity index is 2.96. The van der Waals surface area contributed by atoms with Crippen molar-refractivity contribution in [2.45, 2.75) is 0 Å². The van der Waals surface area contributed by atoms with Crippen LogP contribution in [0.3, 0.4) is 0 Å². The zero-order chi connectivity index (χ0) is 11.8. The highest BCUT2D eigenvalue weighted by Gasteiger charge is 2.03. The Bertz CT molecular complexity index is 390. The van der Waals surface area contributed by atoms with Crippen LogP contribution < -0.4 is 9.47 Å². The van der Waals surface area contributed by atoms with Crippen molar-refractivity contribution >= 4 is 0 Å². The molecule has 1 N–H and O–H groups in total. The van der Waals surface area contributed by atoms with Crippen LogP contribution in [0.4, 0.5) is 0 Å². The van der Waals surface area contributed by atoms with Gasteiger partial charge < -0.3 is 19.3 Å². The Kier molecular flexibility index (Phi) is 5.20. The molecule has 0 radical (unpaired) electrons. The molecule has 0 heterocycles. The Morgan fingerprint density at radius 3 is 2.75 bits per heavy atom. The average molecular weight is 222 g/mol. The maximum Gasteiger partial charge on any atom is 0.188 e. The third-order valence-corrected chi connectivity index (χ3v) is 1.82. The van der Waals surface area contributed by atoms with Crippen molar-refractivity contribution in [3.63, 3.8) is 0 Å². The van der Waals surface area contributed by atoms with Crippen LogP contribution in [-0.4, -0.2) is 32.7 Å². The highest BCUT2D eigenvalue weighted by molar-refractivity contribution is 5.50. The van der Waals surface area contributed by atoms with E-state index in [9.17, 15) is 0 Å². The zero-order valence-corrected chi connectivity index (χ0v) is 9.32. The van der Waals surface area contributed by atoms with Crippen LogP contribution in [0.1, 0.15) is 5.56 Å². The second-order valence-electron chi connectivity index (χ2n) is 2.87. The van der Waals surface area contributed by atoms with Crippen LogP contribution in [0, 0.1) is 11.8 Å². The van der Waals surface area contributed by atoms with E-state index in [1.165, 1.54) is 0 Å². The van der Waals surface area contributed by atoms with Gasteiger partial charge >= 0.3 is 0 Å². The topological polar surface area (TPSA) is 47.9 Å². The van der Waals surface area contributed by atoms with E-state index in [4.69, 9.17) is 19.3 Å². The van der Waals surface area contributed by atoms with E-state index in [-0.39, 0.29) is 13.4 Å². The van der Waals surface area contributed by atoms with Crippen LogP contribution >= 0.6 is 0 Å². The molecule has 0 aliphatic heterocycles. The molecule has 0 saturated carbocycles. The number of aliphatic hydroxyl groups excluding tert-OH is 1. The van der Waals surface area contributed by atoms with E-state index >= 15 is 0 Å². The van der Waals surface area contributed by atoms with Gasteiger partial charge in [-0.1, -0.05) is 11.8 Å². The van der Waals surface area contributed by atoms with Gasteiger partial charge in [0.25, 0.3) is 0 Å². The number of rotatable bonds is 4. The standard InChI is InChI=1S/C12H14O4/c1-14-9-16-12-6-5-11(15-2)8-10(12)4-3-7-13/h5-6,8,13H,7,9H2,1-2H3. The van der Waals surface area contributed by atoms with Gasteiger partial charge in [-0.3, -0.25) is 0 Å². The fraction of sp³-hybridized carbons (Fsp3) is 0.333. The van der Waals surface area contributed by atoms with E-state index in [1.807, 2.05) is 0 Å². The van der Waals surface area contributed by atoms with Crippen molar-refractivity contribution in [3.8, 4) is 23.3 Å². The molecule has 0 saturated heterocycles.